The van der Waals surface area contributed by atoms with Crippen molar-refractivity contribution < 1.29 is 71.4 Å². The van der Waals surface area contributed by atoms with E-state index in [9.17, 15) is 28.8 Å². The Balaban J connectivity index is 0.000000470. The van der Waals surface area contributed by atoms with Crippen molar-refractivity contribution in [3.63, 3.8) is 0 Å². The van der Waals surface area contributed by atoms with Crippen molar-refractivity contribution in [1.82, 2.24) is 0 Å². The van der Waals surface area contributed by atoms with E-state index in [1.54, 1.807) is 0 Å². The molecule has 12 unspecified atom stereocenters. The molecule has 15 aliphatic rings. The number of hydrogen-bond acceptors (Lipinski definition) is 15. The number of carbonyl (C=O) groups is 6. The molecule has 0 aromatic carbocycles. The third kappa shape index (κ3) is 20.1. The van der Waals surface area contributed by atoms with Gasteiger partial charge in [-0.15, -0.1) is 0 Å². The monoisotopic (exact) mass is 1360 g/mol. The van der Waals surface area contributed by atoms with Gasteiger partial charge in [0.1, 0.15) is 18.3 Å². The molecule has 0 spiro atoms. The zero-order valence-electron chi connectivity index (χ0n) is 54.9. The van der Waals surface area contributed by atoms with Crippen LogP contribution in [0.3, 0.4) is 0 Å². The Morgan fingerprint density at radius 2 is 0.677 bits per heavy atom. The Bertz CT molecular complexity index is 2360. The molecule has 0 aliphatic heterocycles. The Morgan fingerprint density at radius 3 is 1.01 bits per heavy atom. The molecule has 15 fully saturated rings. The fourth-order valence-electron chi connectivity index (χ4n) is 20.3. The molecular formula is C81H148O15. The lowest BCUT2D eigenvalue weighted by molar-refractivity contribution is -0.193. The summed E-state index contributed by atoms with van der Waals surface area (Å²) in [4.78, 5) is 75.6. The lowest BCUT2D eigenvalue weighted by atomic mass is 9.50. The van der Waals surface area contributed by atoms with Crippen LogP contribution >= 0.6 is 0 Å². The summed E-state index contributed by atoms with van der Waals surface area (Å²) in [6.45, 7) is 18.5. The summed E-state index contributed by atoms with van der Waals surface area (Å²) < 4.78 is 52.0. The van der Waals surface area contributed by atoms with Gasteiger partial charge in [0.05, 0.1) is 52.8 Å². The van der Waals surface area contributed by atoms with E-state index in [4.69, 9.17) is 42.6 Å². The summed E-state index contributed by atoms with van der Waals surface area (Å²) in [5, 5.41) is 0. The minimum Gasteiger partial charge on any atom is -0.462 e. The van der Waals surface area contributed by atoms with Gasteiger partial charge in [-0.05, 0) is 267 Å². The van der Waals surface area contributed by atoms with Crippen LogP contribution in [0, 0.1) is 116 Å². The van der Waals surface area contributed by atoms with Gasteiger partial charge in [0.25, 0.3) is 0 Å². The predicted molar refractivity (Wildman–Crippen MR) is 385 cm³/mol. The number of fused-ring (bicyclic) bond motifs is 6. The molecule has 0 saturated heterocycles. The highest BCUT2D eigenvalue weighted by molar-refractivity contribution is 5.78. The van der Waals surface area contributed by atoms with E-state index in [2.05, 4.69) is 0 Å². The Kier molecular flexibility index (Phi) is 34.3. The lowest BCUT2D eigenvalue weighted by Gasteiger charge is -2.56. The normalized spacial score (nSPS) is 36.1. The van der Waals surface area contributed by atoms with Gasteiger partial charge in [-0.25, -0.2) is 0 Å². The van der Waals surface area contributed by atoms with Gasteiger partial charge in [-0.2, -0.15) is 0 Å². The van der Waals surface area contributed by atoms with E-state index in [1.165, 1.54) is 89.9 Å². The fourth-order valence-corrected chi connectivity index (χ4v) is 20.3. The topological polar surface area (TPSA) is 185 Å². The largest absolute Gasteiger partial charge is 0.462 e. The quantitative estimate of drug-likeness (QED) is 0.0431. The summed E-state index contributed by atoms with van der Waals surface area (Å²) in [5.41, 5.74) is -1.06. The summed E-state index contributed by atoms with van der Waals surface area (Å²) >= 11 is 0. The molecule has 15 heteroatoms. The van der Waals surface area contributed by atoms with Crippen LogP contribution in [-0.4, -0.2) is 93.3 Å². The zero-order chi connectivity index (χ0) is 61.6. The first-order chi connectivity index (χ1) is 41.5. The van der Waals surface area contributed by atoms with Crippen molar-refractivity contribution in [3.8, 4) is 0 Å². The van der Waals surface area contributed by atoms with Crippen LogP contribution in [0.2, 0.25) is 0 Å². The van der Waals surface area contributed by atoms with Crippen molar-refractivity contribution >= 4 is 35.8 Å². The molecule has 562 valence electrons. The van der Waals surface area contributed by atoms with Crippen LogP contribution in [0.25, 0.3) is 0 Å². The molecule has 0 radical (unpaired) electrons. The molecule has 0 N–H and O–H groups in total. The second kappa shape index (κ2) is 37.0. The maximum atomic E-state index is 12.8. The molecule has 14 bridgehead atoms. The third-order valence-corrected chi connectivity index (χ3v) is 25.8. The molecule has 0 aromatic rings. The molecule has 0 heterocycles. The Morgan fingerprint density at radius 1 is 0.365 bits per heavy atom. The fraction of sp³-hybridized carbons (Fsp3) is 0.926. The molecule has 15 saturated carbocycles. The first-order valence-electron chi connectivity index (χ1n) is 35.4. The number of carbonyl (C=O) groups excluding carboxylic acids is 6. The highest BCUT2D eigenvalue weighted by atomic mass is 16.7. The molecule has 15 nitrogen and oxygen atoms in total. The van der Waals surface area contributed by atoms with Gasteiger partial charge < -0.3 is 42.6 Å². The maximum Gasteiger partial charge on any atom is 0.311 e. The van der Waals surface area contributed by atoms with E-state index in [0.717, 1.165) is 126 Å². The van der Waals surface area contributed by atoms with Gasteiger partial charge in [-0.3, -0.25) is 28.8 Å². The second-order valence-corrected chi connectivity index (χ2v) is 33.1. The van der Waals surface area contributed by atoms with Gasteiger partial charge in [-0.1, -0.05) is 107 Å². The van der Waals surface area contributed by atoms with Crippen LogP contribution in [0.4, 0.5) is 0 Å². The van der Waals surface area contributed by atoms with Gasteiger partial charge >= 0.3 is 35.8 Å². The molecule has 0 aromatic heterocycles. The maximum absolute atomic E-state index is 12.8. The van der Waals surface area contributed by atoms with Crippen LogP contribution in [0.1, 0.15) is 309 Å². The summed E-state index contributed by atoms with van der Waals surface area (Å²) in [7, 11) is 0. The molecule has 15 rings (SSSR count). The van der Waals surface area contributed by atoms with E-state index in [-0.39, 0.29) is 189 Å². The first-order valence-corrected chi connectivity index (χ1v) is 35.4. The molecule has 12 atom stereocenters. The van der Waals surface area contributed by atoms with Crippen molar-refractivity contribution in [2.24, 2.45) is 116 Å². The zero-order valence-corrected chi connectivity index (χ0v) is 54.9. The molecule has 15 aliphatic carbocycles. The number of esters is 6. The van der Waals surface area contributed by atoms with Crippen molar-refractivity contribution in [2.45, 2.75) is 339 Å². The lowest BCUT2D eigenvalue weighted by Crippen LogP contribution is -2.49. The minimum atomic E-state index is -0.469. The molecule has 96 heavy (non-hydrogen) atoms. The first kappa shape index (κ1) is 88.8. The Hall–Kier alpha value is -3.30. The molecule has 0 amide bonds. The Labute approximate surface area is 587 Å². The SMILES string of the molecule is C.C.C.C.C.C.C.C.C.CCC(C)(C)C(=O)OC1CC2CC(C(=O)OCOC3C4CC5CC(C4)CC3C5)C1C2.CCC(C)(C)C(=O)OC1CC2CC(C(=O)OCOC3CCCCC3)C1C2.CCC(C)(C)C(=O)OC1CC2CC(C(=O)OCOCC34CC5CC(CC(C5)C3)C4)C1C2. The second-order valence-electron chi connectivity index (χ2n) is 33.1. The van der Waals surface area contributed by atoms with Crippen LogP contribution in [0.15, 0.2) is 0 Å². The standard InChI is InChI=1S/C26H40O5.C25H38O5.C21H34O5.9CH4/c1-4-25(2,3)24(28)31-22-10-16-8-20(22)21(9-16)23(27)30-15-29-14-26-11-17-5-18(12-26)7-19(6-17)13-26;1-4-25(2,3)24(27)30-21-12-16-10-19(21)20(11-16)23(26)29-13-28-22-17-6-14-5-15(8-17)9-18(22)7-14;1-4-21(2,3)20(23)26-18-12-14-10-16(18)17(11-14)19(22)25-13-24-15-8-6-5-7-9-15;;;;;;;;;/h16-22H,4-15H2,1-3H3;14-22H,4-13H2,1-3H3;14-18H,4-13H2,1-3H3;9*1H4. The van der Waals surface area contributed by atoms with Crippen LogP contribution in [-0.2, 0) is 71.4 Å². The molecular weight excluding hydrogens is 1210 g/mol. The summed E-state index contributed by atoms with van der Waals surface area (Å²) in [6, 6.07) is 0. The van der Waals surface area contributed by atoms with E-state index in [0.29, 0.717) is 35.0 Å². The predicted octanol–water partition coefficient (Wildman–Crippen LogP) is 19.8. The van der Waals surface area contributed by atoms with E-state index < -0.39 is 16.2 Å². The minimum absolute atomic E-state index is 0. The van der Waals surface area contributed by atoms with E-state index >= 15 is 0 Å². The van der Waals surface area contributed by atoms with Crippen LogP contribution < -0.4 is 0 Å². The number of ether oxygens (including phenoxy) is 9. The van der Waals surface area contributed by atoms with Gasteiger partial charge in [0.2, 0.25) is 0 Å². The van der Waals surface area contributed by atoms with Gasteiger partial charge in [0.15, 0.2) is 20.4 Å². The third-order valence-electron chi connectivity index (χ3n) is 25.8. The van der Waals surface area contributed by atoms with Gasteiger partial charge in [0, 0.05) is 17.8 Å². The summed E-state index contributed by atoms with van der Waals surface area (Å²) in [5.74, 6) is 6.29. The van der Waals surface area contributed by atoms with E-state index in [1.807, 2.05) is 62.3 Å². The average molecular weight is 1360 g/mol. The smallest absolute Gasteiger partial charge is 0.311 e. The van der Waals surface area contributed by atoms with Crippen molar-refractivity contribution in [1.29, 1.82) is 0 Å². The number of rotatable bonds is 22. The highest BCUT2D eigenvalue weighted by Crippen LogP contribution is 2.61. The van der Waals surface area contributed by atoms with Crippen molar-refractivity contribution in [2.75, 3.05) is 27.0 Å². The average Bonchev–Trinajstić information content (AvgIpc) is 1.50. The summed E-state index contributed by atoms with van der Waals surface area (Å²) in [6.07, 6.45) is 31.2. The number of hydrogen-bond donors (Lipinski definition) is 0. The van der Waals surface area contributed by atoms with Crippen molar-refractivity contribution in [3.05, 3.63) is 0 Å². The van der Waals surface area contributed by atoms with Crippen LogP contribution in [0.5, 0.6) is 0 Å². The highest BCUT2D eigenvalue weighted by Gasteiger charge is 2.56.